The van der Waals surface area contributed by atoms with Gasteiger partial charge < -0.3 is 14.6 Å². The number of hydrogen-bond acceptors (Lipinski definition) is 5. The molecule has 0 saturated carbocycles. The Morgan fingerprint density at radius 2 is 2.04 bits per heavy atom. The highest BCUT2D eigenvalue weighted by Crippen LogP contribution is 2.29. The predicted molar refractivity (Wildman–Crippen MR) is 109 cm³/mol. The molecule has 1 fully saturated rings. The molecule has 0 aromatic heterocycles. The molecule has 0 amide bonds. The van der Waals surface area contributed by atoms with Crippen molar-refractivity contribution in [2.75, 3.05) is 33.4 Å². The molecule has 2 aromatic carbocycles. The van der Waals surface area contributed by atoms with E-state index in [9.17, 15) is 4.79 Å². The maximum atomic E-state index is 13.1. The van der Waals surface area contributed by atoms with Crippen LogP contribution in [0.15, 0.2) is 42.5 Å². The Morgan fingerprint density at radius 1 is 1.25 bits per heavy atom. The van der Waals surface area contributed by atoms with Crippen LogP contribution in [0.25, 0.3) is 0 Å². The summed E-state index contributed by atoms with van der Waals surface area (Å²) in [5.74, 6) is 1.35. The van der Waals surface area contributed by atoms with E-state index in [1.807, 2.05) is 24.3 Å². The Kier molecular flexibility index (Phi) is 7.31. The van der Waals surface area contributed by atoms with Crippen molar-refractivity contribution < 1.29 is 19.4 Å². The fourth-order valence-electron chi connectivity index (χ4n) is 3.62. The average molecular weight is 404 g/mol. The van der Waals surface area contributed by atoms with E-state index < -0.39 is 0 Å². The summed E-state index contributed by atoms with van der Waals surface area (Å²) < 4.78 is 10.8. The van der Waals surface area contributed by atoms with Crippen molar-refractivity contribution in [3.63, 3.8) is 0 Å². The molecule has 6 heteroatoms. The van der Waals surface area contributed by atoms with Crippen molar-refractivity contribution in [2.45, 2.75) is 19.4 Å². The van der Waals surface area contributed by atoms with Gasteiger partial charge in [0.25, 0.3) is 0 Å². The highest BCUT2D eigenvalue weighted by Gasteiger charge is 2.28. The minimum atomic E-state index is -0.0618. The molecule has 1 atom stereocenters. The summed E-state index contributed by atoms with van der Waals surface area (Å²) in [4.78, 5) is 15.4. The van der Waals surface area contributed by atoms with E-state index in [1.165, 1.54) is 5.56 Å². The number of aliphatic hydroxyl groups excluding tert-OH is 1. The summed E-state index contributed by atoms with van der Waals surface area (Å²) in [6, 6.07) is 13.1. The summed E-state index contributed by atoms with van der Waals surface area (Å²) in [7, 11) is 1.57. The summed E-state index contributed by atoms with van der Waals surface area (Å²) in [5.41, 5.74) is 1.73. The number of ether oxygens (including phenoxy) is 2. The number of carbonyl (C=O) groups is 1. The fraction of sp³-hybridized carbons (Fsp3) is 0.409. The molecule has 3 rings (SSSR count). The maximum absolute atomic E-state index is 13.1. The van der Waals surface area contributed by atoms with Crippen LogP contribution in [0.1, 0.15) is 28.8 Å². The van der Waals surface area contributed by atoms with Gasteiger partial charge in [0.2, 0.25) is 0 Å². The van der Waals surface area contributed by atoms with Gasteiger partial charge in [0.05, 0.1) is 19.3 Å². The molecule has 1 aliphatic heterocycles. The van der Waals surface area contributed by atoms with Crippen LogP contribution in [-0.4, -0.2) is 49.2 Å². The van der Waals surface area contributed by atoms with Crippen LogP contribution in [0, 0.1) is 5.92 Å². The fourth-order valence-corrected chi connectivity index (χ4v) is 3.79. The summed E-state index contributed by atoms with van der Waals surface area (Å²) >= 11 is 6.09. The molecule has 1 N–H and O–H groups in total. The summed E-state index contributed by atoms with van der Waals surface area (Å²) in [6.45, 7) is 2.78. The van der Waals surface area contributed by atoms with Gasteiger partial charge in [-0.25, -0.2) is 0 Å². The lowest BCUT2D eigenvalue weighted by Gasteiger charge is -2.32. The van der Waals surface area contributed by atoms with Gasteiger partial charge in [-0.3, -0.25) is 9.69 Å². The van der Waals surface area contributed by atoms with Crippen LogP contribution < -0.4 is 9.47 Å². The van der Waals surface area contributed by atoms with E-state index >= 15 is 0 Å². The molecule has 28 heavy (non-hydrogen) atoms. The lowest BCUT2D eigenvalue weighted by molar-refractivity contribution is 0.0808. The topological polar surface area (TPSA) is 59.0 Å². The number of likely N-dealkylation sites (tertiary alicyclic amines) is 1. The van der Waals surface area contributed by atoms with Gasteiger partial charge >= 0.3 is 0 Å². The van der Waals surface area contributed by atoms with Crippen LogP contribution in [0.3, 0.4) is 0 Å². The lowest BCUT2D eigenvalue weighted by Crippen LogP contribution is -2.38. The number of piperidine rings is 1. The number of benzene rings is 2. The number of methoxy groups -OCH3 is 1. The molecular formula is C22H26ClNO4. The molecule has 1 aliphatic rings. The van der Waals surface area contributed by atoms with Crippen LogP contribution in [-0.2, 0) is 6.54 Å². The largest absolute Gasteiger partial charge is 0.496 e. The van der Waals surface area contributed by atoms with Crippen molar-refractivity contribution >= 4 is 17.4 Å². The third-order valence-electron chi connectivity index (χ3n) is 4.99. The second-order valence-electron chi connectivity index (χ2n) is 7.00. The number of halogens is 1. The molecule has 0 spiro atoms. The molecule has 0 bridgehead atoms. The number of carbonyl (C=O) groups excluding carboxylic acids is 1. The first-order valence-electron chi connectivity index (χ1n) is 9.53. The zero-order chi connectivity index (χ0) is 19.9. The number of rotatable bonds is 8. The SMILES string of the molecule is COc1ccc(Cl)cc1C(=O)[C@@H]1CCCN(Cc2ccc(OCCO)cc2)C1. The van der Waals surface area contributed by atoms with Crippen molar-refractivity contribution in [3.05, 3.63) is 58.6 Å². The molecular weight excluding hydrogens is 378 g/mol. The molecule has 150 valence electrons. The van der Waals surface area contributed by atoms with Gasteiger partial charge in [0, 0.05) is 24.0 Å². The lowest BCUT2D eigenvalue weighted by atomic mass is 9.89. The number of hydrogen-bond donors (Lipinski definition) is 1. The molecule has 5 nitrogen and oxygen atoms in total. The number of Topliss-reactive ketones (excluding diaryl/α,β-unsaturated/α-hetero) is 1. The van der Waals surface area contributed by atoms with Crippen molar-refractivity contribution in [3.8, 4) is 11.5 Å². The molecule has 2 aromatic rings. The Balaban J connectivity index is 1.64. The summed E-state index contributed by atoms with van der Waals surface area (Å²) in [6.07, 6.45) is 1.86. The highest BCUT2D eigenvalue weighted by atomic mass is 35.5. The quantitative estimate of drug-likeness (QED) is 0.679. The van der Waals surface area contributed by atoms with Gasteiger partial charge in [0.15, 0.2) is 5.78 Å². The van der Waals surface area contributed by atoms with E-state index in [1.54, 1.807) is 25.3 Å². The van der Waals surface area contributed by atoms with Gasteiger partial charge in [-0.05, 0) is 55.3 Å². The number of ketones is 1. The Hall–Kier alpha value is -2.08. The monoisotopic (exact) mass is 403 g/mol. The minimum Gasteiger partial charge on any atom is -0.496 e. The second kappa shape index (κ2) is 9.92. The number of aliphatic hydroxyl groups is 1. The zero-order valence-electron chi connectivity index (χ0n) is 16.1. The first-order chi connectivity index (χ1) is 13.6. The van der Waals surface area contributed by atoms with Crippen molar-refractivity contribution in [2.24, 2.45) is 5.92 Å². The summed E-state index contributed by atoms with van der Waals surface area (Å²) in [5, 5.41) is 9.37. The van der Waals surface area contributed by atoms with Crippen molar-refractivity contribution in [1.29, 1.82) is 0 Å². The standard InChI is InChI=1S/C22H26ClNO4/c1-27-21-9-6-18(23)13-20(21)22(26)17-3-2-10-24(15-17)14-16-4-7-19(8-5-16)28-12-11-25/h4-9,13,17,25H,2-3,10-12,14-15H2,1H3/t17-/m1/s1. The van der Waals surface area contributed by atoms with Crippen LogP contribution in [0.2, 0.25) is 5.02 Å². The molecule has 0 unspecified atom stereocenters. The van der Waals surface area contributed by atoms with Gasteiger partial charge in [-0.1, -0.05) is 23.7 Å². The normalized spacial score (nSPS) is 17.3. The predicted octanol–water partition coefficient (Wildman–Crippen LogP) is 3.81. The van der Waals surface area contributed by atoms with Gasteiger partial charge in [0.1, 0.15) is 18.1 Å². The Labute approximate surface area is 170 Å². The molecule has 1 heterocycles. The van der Waals surface area contributed by atoms with E-state index in [-0.39, 0.29) is 18.3 Å². The highest BCUT2D eigenvalue weighted by molar-refractivity contribution is 6.31. The van der Waals surface area contributed by atoms with Crippen LogP contribution >= 0.6 is 11.6 Å². The van der Waals surface area contributed by atoms with E-state index in [4.69, 9.17) is 26.2 Å². The third kappa shape index (κ3) is 5.25. The first-order valence-corrected chi connectivity index (χ1v) is 9.91. The average Bonchev–Trinajstić information content (AvgIpc) is 2.73. The Morgan fingerprint density at radius 3 is 2.75 bits per heavy atom. The number of nitrogens with zero attached hydrogens (tertiary/aromatic N) is 1. The zero-order valence-corrected chi connectivity index (χ0v) is 16.8. The first kappa shape index (κ1) is 20.6. The Bertz CT molecular complexity index is 794. The third-order valence-corrected chi connectivity index (χ3v) is 5.23. The van der Waals surface area contributed by atoms with Gasteiger partial charge in [-0.15, -0.1) is 0 Å². The van der Waals surface area contributed by atoms with E-state index in [0.717, 1.165) is 38.2 Å². The van der Waals surface area contributed by atoms with Gasteiger partial charge in [-0.2, -0.15) is 0 Å². The van der Waals surface area contributed by atoms with Crippen molar-refractivity contribution in [1.82, 2.24) is 4.90 Å². The van der Waals surface area contributed by atoms with E-state index in [2.05, 4.69) is 4.90 Å². The molecule has 1 saturated heterocycles. The maximum Gasteiger partial charge on any atom is 0.170 e. The van der Waals surface area contributed by atoms with Crippen LogP contribution in [0.5, 0.6) is 11.5 Å². The smallest absolute Gasteiger partial charge is 0.170 e. The minimum absolute atomic E-state index is 0.00234. The second-order valence-corrected chi connectivity index (χ2v) is 7.44. The van der Waals surface area contributed by atoms with E-state index in [0.29, 0.717) is 22.9 Å². The van der Waals surface area contributed by atoms with Crippen LogP contribution in [0.4, 0.5) is 0 Å². The molecule has 0 aliphatic carbocycles. The molecule has 0 radical (unpaired) electrons.